The van der Waals surface area contributed by atoms with Crippen LogP contribution >= 0.6 is 0 Å². The van der Waals surface area contributed by atoms with Gasteiger partial charge in [-0.1, -0.05) is 36.4 Å². The van der Waals surface area contributed by atoms with Gasteiger partial charge in [-0.25, -0.2) is 9.59 Å². The molecule has 10 nitrogen and oxygen atoms in total. The molecule has 0 saturated carbocycles. The predicted molar refractivity (Wildman–Crippen MR) is 98.3 cm³/mol. The SMILES string of the molecule is O=C(OCCOC(=O)c1ccccc1)OOC(=O)OCCOC(=O)c1ccccc1. The monoisotopic (exact) mass is 418 g/mol. The molecular weight excluding hydrogens is 400 g/mol. The maximum absolute atomic E-state index is 11.6. The Labute approximate surface area is 171 Å². The van der Waals surface area contributed by atoms with Crippen LogP contribution in [0.1, 0.15) is 20.7 Å². The summed E-state index contributed by atoms with van der Waals surface area (Å²) in [6.45, 7) is -1.07. The smallest absolute Gasteiger partial charge is 0.458 e. The highest BCUT2D eigenvalue weighted by atomic mass is 17.3. The molecule has 0 unspecified atom stereocenters. The second kappa shape index (κ2) is 12.4. The molecule has 158 valence electrons. The Morgan fingerprint density at radius 3 is 1.20 bits per heavy atom. The van der Waals surface area contributed by atoms with Crippen LogP contribution in [0.2, 0.25) is 0 Å². The number of hydrogen-bond acceptors (Lipinski definition) is 10. The first-order chi connectivity index (χ1) is 14.6. The minimum atomic E-state index is -1.33. The van der Waals surface area contributed by atoms with E-state index in [0.29, 0.717) is 11.1 Å². The molecule has 0 bridgehead atoms. The van der Waals surface area contributed by atoms with Crippen molar-refractivity contribution in [3.8, 4) is 0 Å². The Morgan fingerprint density at radius 1 is 0.500 bits per heavy atom. The molecule has 0 saturated heterocycles. The lowest BCUT2D eigenvalue weighted by atomic mass is 10.2. The summed E-state index contributed by atoms with van der Waals surface area (Å²) in [6, 6.07) is 16.5. The van der Waals surface area contributed by atoms with Gasteiger partial charge in [-0.3, -0.25) is 0 Å². The Balaban J connectivity index is 1.49. The lowest BCUT2D eigenvalue weighted by molar-refractivity contribution is -0.218. The van der Waals surface area contributed by atoms with Gasteiger partial charge in [0.25, 0.3) is 0 Å². The minimum Gasteiger partial charge on any atom is -0.458 e. The molecule has 0 aliphatic rings. The van der Waals surface area contributed by atoms with E-state index in [4.69, 9.17) is 9.47 Å². The van der Waals surface area contributed by atoms with E-state index in [0.717, 1.165) is 0 Å². The van der Waals surface area contributed by atoms with E-state index in [1.165, 1.54) is 0 Å². The third kappa shape index (κ3) is 8.30. The van der Waals surface area contributed by atoms with Gasteiger partial charge in [-0.15, -0.1) is 0 Å². The van der Waals surface area contributed by atoms with Crippen LogP contribution in [0.4, 0.5) is 9.59 Å². The van der Waals surface area contributed by atoms with Gasteiger partial charge >= 0.3 is 24.2 Å². The highest BCUT2D eigenvalue weighted by molar-refractivity contribution is 5.89. The van der Waals surface area contributed by atoms with Crippen LogP contribution in [0.25, 0.3) is 0 Å². The van der Waals surface area contributed by atoms with Gasteiger partial charge in [-0.05, 0) is 24.3 Å². The lowest BCUT2D eigenvalue weighted by Gasteiger charge is -2.07. The van der Waals surface area contributed by atoms with Crippen molar-refractivity contribution in [3.63, 3.8) is 0 Å². The molecule has 0 spiro atoms. The summed E-state index contributed by atoms with van der Waals surface area (Å²) < 4.78 is 18.8. The van der Waals surface area contributed by atoms with Gasteiger partial charge in [0.15, 0.2) is 0 Å². The summed E-state index contributed by atoms with van der Waals surface area (Å²) in [7, 11) is 0. The van der Waals surface area contributed by atoms with Crippen LogP contribution in [-0.2, 0) is 28.7 Å². The van der Waals surface area contributed by atoms with Gasteiger partial charge in [0.2, 0.25) is 0 Å². The van der Waals surface area contributed by atoms with Crippen molar-refractivity contribution in [1.29, 1.82) is 0 Å². The number of ether oxygens (including phenoxy) is 4. The van der Waals surface area contributed by atoms with Gasteiger partial charge in [-0.2, -0.15) is 19.4 Å². The van der Waals surface area contributed by atoms with E-state index < -0.39 is 24.2 Å². The average Bonchev–Trinajstić information content (AvgIpc) is 2.79. The van der Waals surface area contributed by atoms with E-state index in [1.54, 1.807) is 60.7 Å². The van der Waals surface area contributed by atoms with Crippen molar-refractivity contribution < 1.29 is 47.9 Å². The maximum atomic E-state index is 11.6. The predicted octanol–water partition coefficient (Wildman–Crippen LogP) is 2.92. The number of hydrogen-bond donors (Lipinski definition) is 0. The molecule has 0 N–H and O–H groups in total. The van der Waals surface area contributed by atoms with Crippen molar-refractivity contribution in [3.05, 3.63) is 71.8 Å². The van der Waals surface area contributed by atoms with E-state index in [1.807, 2.05) is 0 Å². The number of carbonyl (C=O) groups is 4. The number of rotatable bonds is 8. The minimum absolute atomic E-state index is 0.222. The molecule has 0 radical (unpaired) electrons. The first-order valence-corrected chi connectivity index (χ1v) is 8.68. The molecular formula is C20H18O10. The second-order valence-electron chi connectivity index (χ2n) is 5.37. The Bertz CT molecular complexity index is 764. The Kier molecular flexibility index (Phi) is 9.18. The molecule has 0 aliphatic heterocycles. The summed E-state index contributed by atoms with van der Waals surface area (Å²) in [6.07, 6.45) is -2.67. The van der Waals surface area contributed by atoms with Gasteiger partial charge in [0.1, 0.15) is 26.4 Å². The standard InChI is InChI=1S/C20H18O10/c21-17(15-7-3-1-4-8-15)25-11-13-27-19(23)29-30-20(24)28-14-12-26-18(22)16-9-5-2-6-10-16/h1-10H,11-14H2. The Hall–Kier alpha value is -4.08. The van der Waals surface area contributed by atoms with Crippen LogP contribution in [0.3, 0.4) is 0 Å². The zero-order valence-corrected chi connectivity index (χ0v) is 15.7. The van der Waals surface area contributed by atoms with E-state index >= 15 is 0 Å². The van der Waals surface area contributed by atoms with Crippen LogP contribution in [0.5, 0.6) is 0 Å². The van der Waals surface area contributed by atoms with E-state index in [9.17, 15) is 19.2 Å². The molecule has 0 heterocycles. The topological polar surface area (TPSA) is 124 Å². The van der Waals surface area contributed by atoms with Crippen molar-refractivity contribution in [1.82, 2.24) is 0 Å². The summed E-state index contributed by atoms with van der Waals surface area (Å²) >= 11 is 0. The third-order valence-corrected chi connectivity index (χ3v) is 3.27. The van der Waals surface area contributed by atoms with Crippen LogP contribution < -0.4 is 0 Å². The van der Waals surface area contributed by atoms with Crippen LogP contribution in [0.15, 0.2) is 60.7 Å². The van der Waals surface area contributed by atoms with Crippen molar-refractivity contribution in [2.75, 3.05) is 26.4 Å². The fourth-order valence-electron chi connectivity index (χ4n) is 1.95. The maximum Gasteiger partial charge on any atom is 0.550 e. The van der Waals surface area contributed by atoms with E-state index in [-0.39, 0.29) is 26.4 Å². The van der Waals surface area contributed by atoms with Gasteiger partial charge in [0, 0.05) is 0 Å². The summed E-state index contributed by atoms with van der Waals surface area (Å²) in [5, 5.41) is 0. The largest absolute Gasteiger partial charge is 0.550 e. The van der Waals surface area contributed by atoms with Crippen molar-refractivity contribution >= 4 is 24.2 Å². The zero-order chi connectivity index (χ0) is 21.6. The lowest BCUT2D eigenvalue weighted by Crippen LogP contribution is -2.18. The average molecular weight is 418 g/mol. The molecule has 0 aromatic heterocycles. The Morgan fingerprint density at radius 2 is 0.833 bits per heavy atom. The molecule has 30 heavy (non-hydrogen) atoms. The second-order valence-corrected chi connectivity index (χ2v) is 5.37. The zero-order valence-electron chi connectivity index (χ0n) is 15.7. The fraction of sp³-hybridized carbons (Fsp3) is 0.200. The molecule has 2 aromatic rings. The summed E-state index contributed by atoms with van der Waals surface area (Å²) in [5.41, 5.74) is 0.696. The summed E-state index contributed by atoms with van der Waals surface area (Å²) in [4.78, 5) is 53.9. The normalized spacial score (nSPS) is 9.73. The molecule has 2 rings (SSSR count). The van der Waals surface area contributed by atoms with Crippen molar-refractivity contribution in [2.45, 2.75) is 0 Å². The highest BCUT2D eigenvalue weighted by Gasteiger charge is 2.13. The van der Waals surface area contributed by atoms with E-state index in [2.05, 4.69) is 19.2 Å². The molecule has 0 atom stereocenters. The molecule has 10 heteroatoms. The number of esters is 2. The quantitative estimate of drug-likeness (QED) is 0.208. The highest BCUT2D eigenvalue weighted by Crippen LogP contribution is 2.02. The first-order valence-electron chi connectivity index (χ1n) is 8.68. The first kappa shape index (κ1) is 22.2. The van der Waals surface area contributed by atoms with Gasteiger partial charge in [0.05, 0.1) is 11.1 Å². The molecule has 2 aromatic carbocycles. The summed E-state index contributed by atoms with van der Waals surface area (Å²) in [5.74, 6) is -1.17. The van der Waals surface area contributed by atoms with Crippen LogP contribution in [0, 0.1) is 0 Å². The molecule has 0 fully saturated rings. The van der Waals surface area contributed by atoms with Crippen LogP contribution in [-0.4, -0.2) is 50.7 Å². The fourth-order valence-corrected chi connectivity index (χ4v) is 1.95. The molecule has 0 aliphatic carbocycles. The molecule has 0 amide bonds. The van der Waals surface area contributed by atoms with Crippen molar-refractivity contribution in [2.24, 2.45) is 0 Å². The number of benzene rings is 2. The number of carbonyl (C=O) groups excluding carboxylic acids is 4. The van der Waals surface area contributed by atoms with Gasteiger partial charge < -0.3 is 18.9 Å². The third-order valence-electron chi connectivity index (χ3n) is 3.27.